The zero-order valence-electron chi connectivity index (χ0n) is 17.9. The van der Waals surface area contributed by atoms with Crippen LogP contribution in [0.15, 0.2) is 35.2 Å². The third-order valence-corrected chi connectivity index (χ3v) is 7.53. The van der Waals surface area contributed by atoms with E-state index in [-0.39, 0.29) is 17.9 Å². The average molecular weight is 434 g/mol. The van der Waals surface area contributed by atoms with Crippen molar-refractivity contribution in [3.05, 3.63) is 52.6 Å². The minimum atomic E-state index is -3.83. The molecule has 2 aromatic rings. The number of carbonyl (C=O) groups is 1. The fourth-order valence-corrected chi connectivity index (χ4v) is 5.45. The number of fused-ring (bicyclic) bond motifs is 1. The molecule has 8 heteroatoms. The second kappa shape index (κ2) is 8.65. The van der Waals surface area contributed by atoms with E-state index >= 15 is 0 Å². The Kier molecular flexibility index (Phi) is 6.38. The first-order valence-electron chi connectivity index (χ1n) is 9.63. The lowest BCUT2D eigenvalue weighted by atomic mass is 9.91. The third kappa shape index (κ3) is 4.02. The van der Waals surface area contributed by atoms with Crippen LogP contribution in [0.3, 0.4) is 0 Å². The average Bonchev–Trinajstić information content (AvgIpc) is 2.74. The van der Waals surface area contributed by atoms with Crippen LogP contribution in [-0.2, 0) is 26.0 Å². The van der Waals surface area contributed by atoms with E-state index in [0.29, 0.717) is 17.9 Å². The van der Waals surface area contributed by atoms with Gasteiger partial charge in [-0.1, -0.05) is 6.07 Å². The number of benzene rings is 2. The molecule has 3 rings (SSSR count). The molecule has 0 amide bonds. The van der Waals surface area contributed by atoms with Gasteiger partial charge in [0.25, 0.3) is 0 Å². The SMILES string of the molecule is COC(=O)C[C@@H]1c2cc(OC)c(OC)cc2CCN1S(=O)(=O)c1ccc(C)c(C)c1. The van der Waals surface area contributed by atoms with Gasteiger partial charge in [0.05, 0.1) is 38.7 Å². The topological polar surface area (TPSA) is 82.1 Å². The van der Waals surface area contributed by atoms with Crippen molar-refractivity contribution in [2.75, 3.05) is 27.9 Å². The number of hydrogen-bond acceptors (Lipinski definition) is 6. The van der Waals surface area contributed by atoms with Crippen molar-refractivity contribution in [1.82, 2.24) is 4.31 Å². The third-order valence-electron chi connectivity index (χ3n) is 5.63. The minimum absolute atomic E-state index is 0.0942. The van der Waals surface area contributed by atoms with Crippen molar-refractivity contribution in [3.8, 4) is 11.5 Å². The van der Waals surface area contributed by atoms with Gasteiger partial charge in [-0.05, 0) is 66.8 Å². The van der Waals surface area contributed by atoms with E-state index in [4.69, 9.17) is 14.2 Å². The Labute approximate surface area is 177 Å². The van der Waals surface area contributed by atoms with Gasteiger partial charge >= 0.3 is 5.97 Å². The standard InChI is InChI=1S/C22H27NO6S/c1-14-6-7-17(10-15(14)2)30(25,26)23-9-8-16-11-20(27-3)21(28-4)12-18(16)19(23)13-22(24)29-5/h6-7,10-12,19H,8-9,13H2,1-5H3/t19-/m1/s1. The van der Waals surface area contributed by atoms with Crippen molar-refractivity contribution in [1.29, 1.82) is 0 Å². The second-order valence-electron chi connectivity index (χ2n) is 7.31. The first kappa shape index (κ1) is 22.1. The van der Waals surface area contributed by atoms with Gasteiger partial charge in [0.15, 0.2) is 11.5 Å². The Morgan fingerprint density at radius 3 is 2.30 bits per heavy atom. The molecule has 1 heterocycles. The van der Waals surface area contributed by atoms with E-state index in [1.807, 2.05) is 19.9 Å². The summed E-state index contributed by atoms with van der Waals surface area (Å²) in [6.07, 6.45) is 0.403. The lowest BCUT2D eigenvalue weighted by molar-refractivity contribution is -0.141. The first-order valence-corrected chi connectivity index (χ1v) is 11.1. The van der Waals surface area contributed by atoms with Crippen molar-refractivity contribution in [3.63, 3.8) is 0 Å². The molecule has 0 saturated carbocycles. The van der Waals surface area contributed by atoms with Crippen LogP contribution in [-0.4, -0.2) is 46.6 Å². The normalized spacial score (nSPS) is 16.6. The second-order valence-corrected chi connectivity index (χ2v) is 9.20. The lowest BCUT2D eigenvalue weighted by Crippen LogP contribution is -2.41. The molecule has 0 bridgehead atoms. The van der Waals surface area contributed by atoms with Crippen molar-refractivity contribution in [2.45, 2.75) is 37.6 Å². The van der Waals surface area contributed by atoms with Crippen LogP contribution in [0.25, 0.3) is 0 Å². The number of rotatable bonds is 6. The summed E-state index contributed by atoms with van der Waals surface area (Å²) >= 11 is 0. The number of carbonyl (C=O) groups excluding carboxylic acids is 1. The molecule has 0 unspecified atom stereocenters. The van der Waals surface area contributed by atoms with Gasteiger partial charge in [0, 0.05) is 6.54 Å². The van der Waals surface area contributed by atoms with Crippen molar-refractivity contribution >= 4 is 16.0 Å². The van der Waals surface area contributed by atoms with Crippen molar-refractivity contribution < 1.29 is 27.4 Å². The van der Waals surface area contributed by atoms with E-state index in [1.165, 1.54) is 18.5 Å². The number of ether oxygens (including phenoxy) is 3. The van der Waals surface area contributed by atoms with E-state index in [2.05, 4.69) is 0 Å². The molecule has 1 atom stereocenters. The Morgan fingerprint density at radius 1 is 1.03 bits per heavy atom. The Balaban J connectivity index is 2.12. The Bertz CT molecular complexity index is 1060. The summed E-state index contributed by atoms with van der Waals surface area (Å²) in [5.41, 5.74) is 3.55. The van der Waals surface area contributed by atoms with Crippen LogP contribution in [0.4, 0.5) is 0 Å². The summed E-state index contributed by atoms with van der Waals surface area (Å²) in [6, 6.07) is 7.97. The number of hydrogen-bond donors (Lipinski definition) is 0. The van der Waals surface area contributed by atoms with Crippen LogP contribution in [0.1, 0.15) is 34.7 Å². The number of sulfonamides is 1. The molecule has 0 spiro atoms. The molecule has 162 valence electrons. The molecule has 2 aromatic carbocycles. The molecular formula is C22H27NO6S. The highest BCUT2D eigenvalue weighted by molar-refractivity contribution is 7.89. The van der Waals surface area contributed by atoms with Crippen LogP contribution in [0, 0.1) is 13.8 Å². The summed E-state index contributed by atoms with van der Waals surface area (Å²) < 4.78 is 44.1. The quantitative estimate of drug-likeness (QED) is 0.651. The maximum absolute atomic E-state index is 13.5. The molecule has 1 aliphatic heterocycles. The summed E-state index contributed by atoms with van der Waals surface area (Å²) in [4.78, 5) is 12.4. The fourth-order valence-electron chi connectivity index (χ4n) is 3.76. The summed E-state index contributed by atoms with van der Waals surface area (Å²) in [7, 11) is 0.537. The van der Waals surface area contributed by atoms with E-state index in [0.717, 1.165) is 22.3 Å². The molecule has 1 aliphatic rings. The monoisotopic (exact) mass is 433 g/mol. The molecule has 0 fully saturated rings. The van der Waals surface area contributed by atoms with Crippen LogP contribution in [0.5, 0.6) is 11.5 Å². The number of methoxy groups -OCH3 is 3. The first-order chi connectivity index (χ1) is 14.2. The van der Waals surface area contributed by atoms with Gasteiger partial charge in [-0.25, -0.2) is 8.42 Å². The van der Waals surface area contributed by atoms with Gasteiger partial charge in [0.1, 0.15) is 0 Å². The minimum Gasteiger partial charge on any atom is -0.493 e. The summed E-state index contributed by atoms with van der Waals surface area (Å²) in [5, 5.41) is 0. The largest absolute Gasteiger partial charge is 0.493 e. The van der Waals surface area contributed by atoms with Crippen molar-refractivity contribution in [2.24, 2.45) is 0 Å². The molecule has 0 saturated heterocycles. The molecule has 0 aliphatic carbocycles. The molecule has 30 heavy (non-hydrogen) atoms. The molecule has 0 aromatic heterocycles. The van der Waals surface area contributed by atoms with Crippen LogP contribution < -0.4 is 9.47 Å². The highest BCUT2D eigenvalue weighted by Crippen LogP contribution is 2.41. The lowest BCUT2D eigenvalue weighted by Gasteiger charge is -2.36. The molecule has 0 radical (unpaired) electrons. The maximum atomic E-state index is 13.5. The van der Waals surface area contributed by atoms with Gasteiger partial charge < -0.3 is 14.2 Å². The van der Waals surface area contributed by atoms with Crippen LogP contribution in [0.2, 0.25) is 0 Å². The highest BCUT2D eigenvalue weighted by atomic mass is 32.2. The predicted molar refractivity (Wildman–Crippen MR) is 112 cm³/mol. The maximum Gasteiger partial charge on any atom is 0.307 e. The zero-order valence-corrected chi connectivity index (χ0v) is 18.7. The Hall–Kier alpha value is -2.58. The predicted octanol–water partition coefficient (Wildman–Crippen LogP) is 3.17. The summed E-state index contributed by atoms with van der Waals surface area (Å²) in [6.45, 7) is 4.06. The van der Waals surface area contributed by atoms with Crippen LogP contribution >= 0.6 is 0 Å². The van der Waals surface area contributed by atoms with Gasteiger partial charge in [-0.2, -0.15) is 4.31 Å². The summed E-state index contributed by atoms with van der Waals surface area (Å²) in [5.74, 6) is 0.568. The van der Waals surface area contributed by atoms with Gasteiger partial charge in [0.2, 0.25) is 10.0 Å². The van der Waals surface area contributed by atoms with E-state index in [9.17, 15) is 13.2 Å². The van der Waals surface area contributed by atoms with Gasteiger partial charge in [-0.3, -0.25) is 4.79 Å². The molecule has 0 N–H and O–H groups in total. The number of nitrogens with zero attached hydrogens (tertiary/aromatic N) is 1. The smallest absolute Gasteiger partial charge is 0.307 e. The zero-order chi connectivity index (χ0) is 22.1. The number of esters is 1. The number of aryl methyl sites for hydroxylation is 2. The molecule has 7 nitrogen and oxygen atoms in total. The van der Waals surface area contributed by atoms with E-state index in [1.54, 1.807) is 31.4 Å². The fraction of sp³-hybridized carbons (Fsp3) is 0.409. The molecular weight excluding hydrogens is 406 g/mol. The van der Waals surface area contributed by atoms with Gasteiger partial charge in [-0.15, -0.1) is 0 Å². The van der Waals surface area contributed by atoms with E-state index < -0.39 is 22.0 Å². The highest BCUT2D eigenvalue weighted by Gasteiger charge is 2.38. The Morgan fingerprint density at radius 2 is 1.70 bits per heavy atom.